The first-order chi connectivity index (χ1) is 11.0. The molecule has 3 atom stereocenters. The second-order valence-corrected chi connectivity index (χ2v) is 7.71. The second-order valence-electron chi connectivity index (χ2n) is 7.71. The molecule has 4 fully saturated rings. The van der Waals surface area contributed by atoms with Gasteiger partial charge in [0.2, 0.25) is 5.91 Å². The molecular weight excluding hydrogens is 299 g/mol. The van der Waals surface area contributed by atoms with Crippen LogP contribution in [0.25, 0.3) is 0 Å². The van der Waals surface area contributed by atoms with Crippen molar-refractivity contribution in [3.05, 3.63) is 0 Å². The molecule has 0 spiro atoms. The fourth-order valence-corrected chi connectivity index (χ4v) is 3.98. The van der Waals surface area contributed by atoms with Gasteiger partial charge in [-0.05, 0) is 44.9 Å². The molecule has 6 heteroatoms. The van der Waals surface area contributed by atoms with Crippen LogP contribution in [0.3, 0.4) is 0 Å². The molecular formula is C17H25FN2O3. The van der Waals surface area contributed by atoms with Crippen LogP contribution in [0.4, 0.5) is 4.39 Å². The number of piperidine rings is 1. The van der Waals surface area contributed by atoms with E-state index < -0.39 is 5.67 Å². The van der Waals surface area contributed by atoms with Crippen molar-refractivity contribution in [2.75, 3.05) is 19.7 Å². The topological polar surface area (TPSA) is 58.6 Å². The van der Waals surface area contributed by atoms with Crippen LogP contribution < -0.4 is 5.32 Å². The molecule has 0 bridgehead atoms. The van der Waals surface area contributed by atoms with Crippen LogP contribution in [0.2, 0.25) is 0 Å². The summed E-state index contributed by atoms with van der Waals surface area (Å²) in [5.41, 5.74) is -1.59. The number of hydrogen-bond donors (Lipinski definition) is 1. The molecule has 2 aliphatic heterocycles. The van der Waals surface area contributed by atoms with Crippen LogP contribution >= 0.6 is 0 Å². The first-order valence-corrected chi connectivity index (χ1v) is 8.95. The molecule has 2 amide bonds. The molecule has 2 saturated carbocycles. The van der Waals surface area contributed by atoms with E-state index in [4.69, 9.17) is 4.74 Å². The van der Waals surface area contributed by atoms with Gasteiger partial charge in [-0.25, -0.2) is 4.39 Å². The van der Waals surface area contributed by atoms with Crippen molar-refractivity contribution in [1.29, 1.82) is 0 Å². The highest BCUT2D eigenvalue weighted by molar-refractivity contribution is 5.88. The van der Waals surface area contributed by atoms with E-state index in [0.29, 0.717) is 38.6 Å². The number of carbonyl (C=O) groups is 2. The maximum atomic E-state index is 14.0. The summed E-state index contributed by atoms with van der Waals surface area (Å²) < 4.78 is 19.9. The first-order valence-electron chi connectivity index (χ1n) is 8.95. The minimum atomic E-state index is -1.59. The summed E-state index contributed by atoms with van der Waals surface area (Å²) in [7, 11) is 0. The number of likely N-dealkylation sites (tertiary alicyclic amines) is 1. The van der Waals surface area contributed by atoms with Crippen molar-refractivity contribution >= 4 is 11.8 Å². The zero-order valence-electron chi connectivity index (χ0n) is 13.4. The first kappa shape index (κ1) is 15.4. The number of fused-ring (bicyclic) bond motifs is 1. The van der Waals surface area contributed by atoms with Crippen LogP contribution in [0.5, 0.6) is 0 Å². The van der Waals surface area contributed by atoms with Gasteiger partial charge in [0.25, 0.3) is 5.91 Å². The van der Waals surface area contributed by atoms with Gasteiger partial charge in [0.15, 0.2) is 5.67 Å². The zero-order valence-corrected chi connectivity index (χ0v) is 13.4. The average molecular weight is 324 g/mol. The fraction of sp³-hybridized carbons (Fsp3) is 0.882. The number of amides is 2. The molecule has 128 valence electrons. The van der Waals surface area contributed by atoms with Gasteiger partial charge in [-0.3, -0.25) is 9.59 Å². The molecule has 0 aromatic carbocycles. The maximum absolute atomic E-state index is 14.0. The summed E-state index contributed by atoms with van der Waals surface area (Å²) in [4.78, 5) is 26.2. The van der Waals surface area contributed by atoms with Gasteiger partial charge in [0.1, 0.15) is 0 Å². The Kier molecular flexibility index (Phi) is 3.82. The van der Waals surface area contributed by atoms with E-state index >= 15 is 0 Å². The number of nitrogens with one attached hydrogen (secondary N) is 1. The molecule has 0 radical (unpaired) electrons. The lowest BCUT2D eigenvalue weighted by Crippen LogP contribution is -2.54. The number of halogens is 1. The number of nitrogens with zero attached hydrogens (tertiary/aromatic N) is 1. The lowest BCUT2D eigenvalue weighted by atomic mass is 9.82. The minimum Gasteiger partial charge on any atom is -0.377 e. The highest BCUT2D eigenvalue weighted by Crippen LogP contribution is 2.43. The largest absolute Gasteiger partial charge is 0.377 e. The maximum Gasteiger partial charge on any atom is 0.260 e. The molecule has 5 nitrogen and oxygen atoms in total. The van der Waals surface area contributed by atoms with Gasteiger partial charge in [-0.15, -0.1) is 0 Å². The molecule has 2 aliphatic carbocycles. The van der Waals surface area contributed by atoms with Crippen molar-refractivity contribution in [2.24, 2.45) is 11.8 Å². The molecule has 2 heterocycles. The minimum absolute atomic E-state index is 0.0840. The molecule has 0 unspecified atom stereocenters. The van der Waals surface area contributed by atoms with Crippen molar-refractivity contribution in [1.82, 2.24) is 10.2 Å². The van der Waals surface area contributed by atoms with E-state index in [9.17, 15) is 14.0 Å². The normalized spacial score (nSPS) is 35.9. The Morgan fingerprint density at radius 1 is 1.22 bits per heavy atom. The zero-order chi connectivity index (χ0) is 16.0. The van der Waals surface area contributed by atoms with Crippen molar-refractivity contribution in [3.8, 4) is 0 Å². The third-order valence-corrected chi connectivity index (χ3v) is 5.94. The summed E-state index contributed by atoms with van der Waals surface area (Å²) in [6, 6.07) is 0.339. The molecule has 4 rings (SSSR count). The van der Waals surface area contributed by atoms with Gasteiger partial charge in [-0.1, -0.05) is 0 Å². The predicted octanol–water partition coefficient (Wildman–Crippen LogP) is 1.41. The Bertz CT molecular complexity index is 504. The summed E-state index contributed by atoms with van der Waals surface area (Å²) in [6.45, 7) is 1.58. The molecule has 0 aromatic rings. The fourth-order valence-electron chi connectivity index (χ4n) is 3.98. The SMILES string of the molecule is O=C(NC1CCC1)[C@@H]1CO[C@@H]2CCN(C(=O)C3(F)CC3)C[C@@H]2C1. The number of alkyl halides is 1. The highest BCUT2D eigenvalue weighted by Gasteiger charge is 2.54. The molecule has 2 saturated heterocycles. The van der Waals surface area contributed by atoms with Crippen molar-refractivity contribution in [2.45, 2.75) is 62.8 Å². The predicted molar refractivity (Wildman–Crippen MR) is 81.4 cm³/mol. The van der Waals surface area contributed by atoms with Crippen LogP contribution in [-0.4, -0.2) is 54.2 Å². The van der Waals surface area contributed by atoms with E-state index in [1.54, 1.807) is 4.90 Å². The van der Waals surface area contributed by atoms with Crippen molar-refractivity contribution < 1.29 is 18.7 Å². The second kappa shape index (κ2) is 5.72. The third-order valence-electron chi connectivity index (χ3n) is 5.94. The Labute approximate surface area is 135 Å². The highest BCUT2D eigenvalue weighted by atomic mass is 19.1. The van der Waals surface area contributed by atoms with Gasteiger partial charge >= 0.3 is 0 Å². The Morgan fingerprint density at radius 2 is 2.00 bits per heavy atom. The Hall–Kier alpha value is -1.17. The summed E-state index contributed by atoms with van der Waals surface area (Å²) in [6.07, 6.45) is 5.67. The van der Waals surface area contributed by atoms with E-state index in [1.165, 1.54) is 6.42 Å². The molecule has 1 N–H and O–H groups in total. The molecule has 4 aliphatic rings. The van der Waals surface area contributed by atoms with Crippen LogP contribution in [0.1, 0.15) is 44.9 Å². The summed E-state index contributed by atoms with van der Waals surface area (Å²) in [5.74, 6) is -0.245. The standard InChI is InChI=1S/C17H25FN2O3/c18-17(5-6-17)16(22)20-7-4-14-11(9-20)8-12(10-23-14)15(21)19-13-2-1-3-13/h11-14H,1-10H2,(H,19,21)/t11-,12-,14+/m0/s1. The van der Waals surface area contributed by atoms with Gasteiger partial charge < -0.3 is 15.0 Å². The third kappa shape index (κ3) is 2.97. The van der Waals surface area contributed by atoms with E-state index in [-0.39, 0.29) is 29.8 Å². The Morgan fingerprint density at radius 3 is 2.65 bits per heavy atom. The quantitative estimate of drug-likeness (QED) is 0.854. The van der Waals surface area contributed by atoms with Gasteiger partial charge in [0, 0.05) is 25.0 Å². The van der Waals surface area contributed by atoms with E-state index in [0.717, 1.165) is 25.7 Å². The number of hydrogen-bond acceptors (Lipinski definition) is 3. The van der Waals surface area contributed by atoms with Gasteiger partial charge in [0.05, 0.1) is 18.6 Å². The van der Waals surface area contributed by atoms with E-state index in [1.807, 2.05) is 0 Å². The number of ether oxygens (including phenoxy) is 1. The summed E-state index contributed by atoms with van der Waals surface area (Å²) >= 11 is 0. The monoisotopic (exact) mass is 324 g/mol. The van der Waals surface area contributed by atoms with Crippen LogP contribution in [0.15, 0.2) is 0 Å². The van der Waals surface area contributed by atoms with Crippen LogP contribution in [-0.2, 0) is 14.3 Å². The van der Waals surface area contributed by atoms with E-state index in [2.05, 4.69) is 5.32 Å². The lowest BCUT2D eigenvalue weighted by Gasteiger charge is -2.43. The number of rotatable bonds is 3. The average Bonchev–Trinajstić information content (AvgIpc) is 3.27. The van der Waals surface area contributed by atoms with Crippen LogP contribution in [0, 0.1) is 11.8 Å². The van der Waals surface area contributed by atoms with Crippen molar-refractivity contribution in [3.63, 3.8) is 0 Å². The van der Waals surface area contributed by atoms with Gasteiger partial charge in [-0.2, -0.15) is 0 Å². The number of carbonyl (C=O) groups excluding carboxylic acids is 2. The lowest BCUT2D eigenvalue weighted by molar-refractivity contribution is -0.151. The molecule has 0 aromatic heterocycles. The smallest absolute Gasteiger partial charge is 0.260 e. The molecule has 23 heavy (non-hydrogen) atoms. The summed E-state index contributed by atoms with van der Waals surface area (Å²) in [5, 5.41) is 3.09. The Balaban J connectivity index is 1.34.